The molecule has 1 fully saturated rings. The highest BCUT2D eigenvalue weighted by Crippen LogP contribution is 2.36. The molecule has 0 spiro atoms. The normalized spacial score (nSPS) is 16.8. The van der Waals surface area contributed by atoms with Crippen molar-refractivity contribution in [3.8, 4) is 28.8 Å². The van der Waals surface area contributed by atoms with Gasteiger partial charge in [0, 0.05) is 36.8 Å². The molecule has 0 radical (unpaired) electrons. The zero-order valence-electron chi connectivity index (χ0n) is 24.6. The van der Waals surface area contributed by atoms with E-state index >= 15 is 0 Å². The molecule has 0 saturated heterocycles. The average molecular weight is 575 g/mol. The van der Waals surface area contributed by atoms with Gasteiger partial charge >= 0.3 is 6.09 Å². The van der Waals surface area contributed by atoms with Gasteiger partial charge in [-0.1, -0.05) is 38.1 Å². The Labute approximate surface area is 244 Å². The number of benzene rings is 2. The number of amides is 1. The molecule has 0 unspecified atom stereocenters. The molecule has 1 saturated carbocycles. The zero-order chi connectivity index (χ0) is 30.1. The number of hydrogen-bond acceptors (Lipinski definition) is 8. The van der Waals surface area contributed by atoms with E-state index in [1.54, 1.807) is 6.92 Å². The maximum Gasteiger partial charge on any atom is 0.407 e. The molecule has 1 amide bonds. The molecular weight excluding hydrogens is 539 g/mol. The summed E-state index contributed by atoms with van der Waals surface area (Å²) in [5.74, 6) is 1.46. The summed E-state index contributed by atoms with van der Waals surface area (Å²) < 4.78 is 36.9. The van der Waals surface area contributed by atoms with Crippen LogP contribution in [0.1, 0.15) is 64.5 Å². The molecule has 10 heteroatoms. The van der Waals surface area contributed by atoms with E-state index in [0.717, 1.165) is 23.1 Å². The lowest BCUT2D eigenvalue weighted by molar-refractivity contribution is -0.0243. The zero-order valence-corrected chi connectivity index (χ0v) is 24.6. The van der Waals surface area contributed by atoms with Crippen LogP contribution < -0.4 is 14.8 Å². The molecule has 9 nitrogen and oxygen atoms in total. The van der Waals surface area contributed by atoms with Crippen LogP contribution in [-0.2, 0) is 10.2 Å². The molecule has 0 bridgehead atoms. The van der Waals surface area contributed by atoms with Crippen LogP contribution in [0.25, 0.3) is 11.6 Å². The second kappa shape index (κ2) is 11.4. The number of pyridine rings is 1. The van der Waals surface area contributed by atoms with Gasteiger partial charge in [-0.2, -0.15) is 0 Å². The minimum Gasteiger partial charge on any atom is -0.490 e. The lowest BCUT2D eigenvalue weighted by Crippen LogP contribution is -2.46. The number of hydrogen-bond donors (Lipinski definition) is 1. The second-order valence-corrected chi connectivity index (χ2v) is 12.0. The molecule has 4 aromatic rings. The number of ether oxygens (including phenoxy) is 3. The highest BCUT2D eigenvalue weighted by Gasteiger charge is 2.34. The van der Waals surface area contributed by atoms with Gasteiger partial charge in [-0.15, -0.1) is 10.2 Å². The molecule has 220 valence electrons. The number of halogens is 1. The summed E-state index contributed by atoms with van der Waals surface area (Å²) in [5.41, 5.74) is 1.81. The molecule has 5 rings (SSSR count). The summed E-state index contributed by atoms with van der Waals surface area (Å²) in [5, 5.41) is 10.6. The largest absolute Gasteiger partial charge is 0.490 e. The molecule has 1 N–H and O–H groups in total. The van der Waals surface area contributed by atoms with Crippen molar-refractivity contribution in [1.29, 1.82) is 0 Å². The lowest BCUT2D eigenvalue weighted by atomic mass is 9.78. The molecular formula is C32H35FN4O5. The molecule has 2 aromatic heterocycles. The summed E-state index contributed by atoms with van der Waals surface area (Å²) in [6.45, 7) is 11.7. The van der Waals surface area contributed by atoms with E-state index in [4.69, 9.17) is 18.6 Å². The first kappa shape index (κ1) is 29.0. The summed E-state index contributed by atoms with van der Waals surface area (Å²) in [4.78, 5) is 16.0. The Morgan fingerprint density at radius 2 is 1.55 bits per heavy atom. The van der Waals surface area contributed by atoms with Crippen molar-refractivity contribution in [2.75, 3.05) is 0 Å². The monoisotopic (exact) mass is 574 g/mol. The number of rotatable bonds is 8. The second-order valence-electron chi connectivity index (χ2n) is 12.0. The Kier molecular flexibility index (Phi) is 7.90. The van der Waals surface area contributed by atoms with Crippen LogP contribution in [0.5, 0.6) is 17.2 Å². The third kappa shape index (κ3) is 6.87. The van der Waals surface area contributed by atoms with E-state index in [1.165, 1.54) is 6.07 Å². The van der Waals surface area contributed by atoms with Crippen molar-refractivity contribution in [3.05, 3.63) is 83.6 Å². The lowest BCUT2D eigenvalue weighted by Gasteiger charge is -2.35. The summed E-state index contributed by atoms with van der Waals surface area (Å²) in [6.07, 6.45) is 1.90. The fraction of sp³-hybridized carbons (Fsp3) is 0.375. The third-order valence-electron chi connectivity index (χ3n) is 7.03. The smallest absolute Gasteiger partial charge is 0.407 e. The SMILES string of the molecule is Cc1nnc(-c2ncc(F)cc2Oc2ccc(C(C)(C)c3ccc(OC4CC(OC(=O)NC(C)(C)C)C4)cc3)cc2)o1. The Morgan fingerprint density at radius 1 is 0.929 bits per heavy atom. The molecule has 2 aromatic carbocycles. The number of aryl methyl sites for hydroxylation is 1. The van der Waals surface area contributed by atoms with Gasteiger partial charge in [0.25, 0.3) is 5.89 Å². The Hall–Kier alpha value is -4.47. The predicted molar refractivity (Wildman–Crippen MR) is 154 cm³/mol. The van der Waals surface area contributed by atoms with Gasteiger partial charge in [-0.3, -0.25) is 0 Å². The number of carbonyl (C=O) groups is 1. The van der Waals surface area contributed by atoms with Gasteiger partial charge in [-0.05, 0) is 56.2 Å². The van der Waals surface area contributed by atoms with Gasteiger partial charge in [-0.25, -0.2) is 14.2 Å². The molecule has 1 aliphatic carbocycles. The quantitative estimate of drug-likeness (QED) is 0.237. The van der Waals surface area contributed by atoms with Crippen LogP contribution >= 0.6 is 0 Å². The van der Waals surface area contributed by atoms with Crippen molar-refractivity contribution in [2.24, 2.45) is 0 Å². The van der Waals surface area contributed by atoms with Crippen molar-refractivity contribution < 1.29 is 27.8 Å². The minimum atomic E-state index is -0.538. The summed E-state index contributed by atoms with van der Waals surface area (Å²) in [7, 11) is 0. The Balaban J connectivity index is 1.19. The molecule has 0 atom stereocenters. The standard InChI is InChI=1S/C32H35FN4O5/c1-19-36-37-29(39-19)28-27(15-22(33)18-34-28)41-24-13-9-21(10-14-24)32(5,6)20-7-11-23(12-8-20)40-25-16-26(17-25)42-30(38)35-31(2,3)4/h7-15,18,25-26H,16-17H2,1-6H3,(H,35,38). The van der Waals surface area contributed by atoms with Crippen LogP contribution in [0, 0.1) is 12.7 Å². The topological polar surface area (TPSA) is 109 Å². The number of carbonyl (C=O) groups excluding carboxylic acids is 1. The van der Waals surface area contributed by atoms with E-state index in [9.17, 15) is 9.18 Å². The molecule has 0 aliphatic heterocycles. The predicted octanol–water partition coefficient (Wildman–Crippen LogP) is 7.13. The number of nitrogens with one attached hydrogen (secondary N) is 1. The van der Waals surface area contributed by atoms with Gasteiger partial charge in [0.15, 0.2) is 11.4 Å². The van der Waals surface area contributed by atoms with Crippen molar-refractivity contribution in [1.82, 2.24) is 20.5 Å². The fourth-order valence-electron chi connectivity index (χ4n) is 4.62. The number of nitrogens with zero attached hydrogens (tertiary/aromatic N) is 3. The highest BCUT2D eigenvalue weighted by atomic mass is 19.1. The highest BCUT2D eigenvalue weighted by molar-refractivity contribution is 5.68. The van der Waals surface area contributed by atoms with Gasteiger partial charge in [0.05, 0.1) is 6.20 Å². The first-order chi connectivity index (χ1) is 19.9. The maximum atomic E-state index is 14.0. The summed E-state index contributed by atoms with van der Waals surface area (Å²) in [6, 6.07) is 16.9. The van der Waals surface area contributed by atoms with E-state index in [2.05, 4.69) is 46.5 Å². The maximum absolute atomic E-state index is 14.0. The van der Waals surface area contributed by atoms with Crippen LogP contribution in [-0.4, -0.2) is 39.0 Å². The molecule has 42 heavy (non-hydrogen) atoms. The number of aromatic nitrogens is 3. The third-order valence-corrected chi connectivity index (χ3v) is 7.03. The van der Waals surface area contributed by atoms with Gasteiger partial charge in [0.1, 0.15) is 29.5 Å². The fourth-order valence-corrected chi connectivity index (χ4v) is 4.62. The van der Waals surface area contributed by atoms with E-state index in [1.807, 2.05) is 57.2 Å². The van der Waals surface area contributed by atoms with Crippen LogP contribution in [0.3, 0.4) is 0 Å². The molecule has 1 aliphatic rings. The minimum absolute atomic E-state index is 0.0153. The van der Waals surface area contributed by atoms with E-state index < -0.39 is 11.9 Å². The first-order valence-corrected chi connectivity index (χ1v) is 13.9. The summed E-state index contributed by atoms with van der Waals surface area (Å²) >= 11 is 0. The average Bonchev–Trinajstić information content (AvgIpc) is 3.33. The van der Waals surface area contributed by atoms with Crippen molar-refractivity contribution >= 4 is 6.09 Å². The van der Waals surface area contributed by atoms with Crippen molar-refractivity contribution in [3.63, 3.8) is 0 Å². The van der Waals surface area contributed by atoms with Crippen LogP contribution in [0.2, 0.25) is 0 Å². The van der Waals surface area contributed by atoms with Crippen molar-refractivity contribution in [2.45, 2.75) is 77.5 Å². The first-order valence-electron chi connectivity index (χ1n) is 13.9. The number of alkyl carbamates (subject to hydrolysis) is 1. The Morgan fingerprint density at radius 3 is 2.12 bits per heavy atom. The van der Waals surface area contributed by atoms with Gasteiger partial charge in [0.2, 0.25) is 5.89 Å². The van der Waals surface area contributed by atoms with E-state index in [-0.39, 0.29) is 40.5 Å². The van der Waals surface area contributed by atoms with Crippen LogP contribution in [0.4, 0.5) is 9.18 Å². The molecule has 2 heterocycles. The van der Waals surface area contributed by atoms with E-state index in [0.29, 0.717) is 24.5 Å². The van der Waals surface area contributed by atoms with Crippen LogP contribution in [0.15, 0.2) is 65.2 Å². The van der Waals surface area contributed by atoms with Gasteiger partial charge < -0.3 is 23.9 Å². The Bertz CT molecular complexity index is 1540.